The van der Waals surface area contributed by atoms with Crippen LogP contribution in [0.25, 0.3) is 0 Å². The van der Waals surface area contributed by atoms with Gasteiger partial charge in [0.25, 0.3) is 0 Å². The van der Waals surface area contributed by atoms with Gasteiger partial charge in [0.15, 0.2) is 0 Å². The molecule has 0 bridgehead atoms. The van der Waals surface area contributed by atoms with Gasteiger partial charge in [0.2, 0.25) is 5.91 Å². The van der Waals surface area contributed by atoms with Crippen molar-refractivity contribution >= 4 is 5.91 Å². The van der Waals surface area contributed by atoms with Crippen LogP contribution in [0.3, 0.4) is 0 Å². The summed E-state index contributed by atoms with van der Waals surface area (Å²) in [4.78, 5) is 14.4. The lowest BCUT2D eigenvalue weighted by Crippen LogP contribution is -2.36. The van der Waals surface area contributed by atoms with E-state index in [1.807, 2.05) is 30.9 Å². The predicted octanol–water partition coefficient (Wildman–Crippen LogP) is 4.07. The summed E-state index contributed by atoms with van der Waals surface area (Å²) in [6, 6.07) is 15.7. The summed E-state index contributed by atoms with van der Waals surface area (Å²) >= 11 is 0. The molecule has 4 heteroatoms. The maximum atomic E-state index is 12.9. The molecule has 2 aromatic rings. The SMILES string of the molecule is CC(C)N(Cc1ccc(C#N)cc1)C(=O)CCc1ccc(F)cc1. The predicted molar refractivity (Wildman–Crippen MR) is 91.6 cm³/mol. The van der Waals surface area contributed by atoms with E-state index >= 15 is 0 Å². The molecular formula is C20H21FN2O. The van der Waals surface area contributed by atoms with Crippen molar-refractivity contribution in [2.45, 2.75) is 39.3 Å². The quantitative estimate of drug-likeness (QED) is 0.804. The lowest BCUT2D eigenvalue weighted by atomic mass is 10.1. The number of hydrogen-bond acceptors (Lipinski definition) is 2. The molecule has 3 nitrogen and oxygen atoms in total. The Kier molecular flexibility index (Phi) is 6.08. The first-order valence-corrected chi connectivity index (χ1v) is 8.02. The first kappa shape index (κ1) is 17.7. The van der Waals surface area contributed by atoms with Gasteiger partial charge in [-0.25, -0.2) is 4.39 Å². The Morgan fingerprint density at radius 1 is 1.08 bits per heavy atom. The highest BCUT2D eigenvalue weighted by Crippen LogP contribution is 2.13. The topological polar surface area (TPSA) is 44.1 Å². The van der Waals surface area contributed by atoms with Crippen molar-refractivity contribution in [3.8, 4) is 6.07 Å². The van der Waals surface area contributed by atoms with E-state index in [9.17, 15) is 9.18 Å². The number of nitriles is 1. The third kappa shape index (κ3) is 4.92. The molecule has 0 aliphatic carbocycles. The summed E-state index contributed by atoms with van der Waals surface area (Å²) in [7, 11) is 0. The van der Waals surface area contributed by atoms with Crippen LogP contribution in [0, 0.1) is 17.1 Å². The minimum atomic E-state index is -0.269. The average molecular weight is 324 g/mol. The second kappa shape index (κ2) is 8.26. The van der Waals surface area contributed by atoms with Crippen LogP contribution >= 0.6 is 0 Å². The molecule has 0 radical (unpaired) electrons. The van der Waals surface area contributed by atoms with Gasteiger partial charge in [0, 0.05) is 19.0 Å². The number of amides is 1. The highest BCUT2D eigenvalue weighted by Gasteiger charge is 2.17. The molecule has 0 aliphatic heterocycles. The molecule has 124 valence electrons. The van der Waals surface area contributed by atoms with Crippen LogP contribution in [0.1, 0.15) is 37.0 Å². The monoisotopic (exact) mass is 324 g/mol. The maximum Gasteiger partial charge on any atom is 0.223 e. The largest absolute Gasteiger partial charge is 0.336 e. The molecule has 2 rings (SSSR count). The van der Waals surface area contributed by atoms with Crippen LogP contribution < -0.4 is 0 Å². The number of nitrogens with zero attached hydrogens (tertiary/aromatic N) is 2. The number of carbonyl (C=O) groups is 1. The van der Waals surface area contributed by atoms with Crippen molar-refractivity contribution in [2.24, 2.45) is 0 Å². The van der Waals surface area contributed by atoms with E-state index in [4.69, 9.17) is 5.26 Å². The fourth-order valence-corrected chi connectivity index (χ4v) is 2.49. The minimum Gasteiger partial charge on any atom is -0.336 e. The minimum absolute atomic E-state index is 0.0682. The van der Waals surface area contributed by atoms with E-state index in [0.29, 0.717) is 24.9 Å². The fourth-order valence-electron chi connectivity index (χ4n) is 2.49. The summed E-state index contributed by atoms with van der Waals surface area (Å²) < 4.78 is 12.9. The first-order valence-electron chi connectivity index (χ1n) is 8.02. The molecule has 0 heterocycles. The van der Waals surface area contributed by atoms with Crippen LogP contribution in [0.5, 0.6) is 0 Å². The Labute approximate surface area is 142 Å². The van der Waals surface area contributed by atoms with E-state index in [1.165, 1.54) is 12.1 Å². The van der Waals surface area contributed by atoms with Crippen LogP contribution in [-0.4, -0.2) is 16.8 Å². The summed E-state index contributed by atoms with van der Waals surface area (Å²) in [5.74, 6) is -0.201. The number of carbonyl (C=O) groups excluding carboxylic acids is 1. The van der Waals surface area contributed by atoms with Gasteiger partial charge in [-0.1, -0.05) is 24.3 Å². The highest BCUT2D eigenvalue weighted by atomic mass is 19.1. The van der Waals surface area contributed by atoms with E-state index in [-0.39, 0.29) is 17.8 Å². The Morgan fingerprint density at radius 3 is 2.21 bits per heavy atom. The molecular weight excluding hydrogens is 303 g/mol. The van der Waals surface area contributed by atoms with E-state index in [1.54, 1.807) is 24.3 Å². The van der Waals surface area contributed by atoms with Crippen LogP contribution in [-0.2, 0) is 17.8 Å². The van der Waals surface area contributed by atoms with Gasteiger partial charge >= 0.3 is 0 Å². The van der Waals surface area contributed by atoms with Gasteiger partial charge in [0.05, 0.1) is 11.6 Å². The maximum absolute atomic E-state index is 12.9. The highest BCUT2D eigenvalue weighted by molar-refractivity contribution is 5.76. The smallest absolute Gasteiger partial charge is 0.223 e. The number of rotatable bonds is 6. The zero-order chi connectivity index (χ0) is 17.5. The molecule has 0 saturated carbocycles. The van der Waals surface area contributed by atoms with E-state index < -0.39 is 0 Å². The van der Waals surface area contributed by atoms with Gasteiger partial charge in [-0.3, -0.25) is 4.79 Å². The lowest BCUT2D eigenvalue weighted by Gasteiger charge is -2.27. The van der Waals surface area contributed by atoms with Gasteiger partial charge in [0.1, 0.15) is 5.82 Å². The summed E-state index contributed by atoms with van der Waals surface area (Å²) in [6.07, 6.45) is 0.982. The Hall–Kier alpha value is -2.67. The van der Waals surface area contributed by atoms with Gasteiger partial charge in [-0.15, -0.1) is 0 Å². The zero-order valence-electron chi connectivity index (χ0n) is 14.0. The number of halogens is 1. The molecule has 0 atom stereocenters. The van der Waals surface area contributed by atoms with Crippen LogP contribution in [0.2, 0.25) is 0 Å². The Bertz CT molecular complexity index is 715. The zero-order valence-corrected chi connectivity index (χ0v) is 14.0. The van der Waals surface area contributed by atoms with Gasteiger partial charge < -0.3 is 4.90 Å². The molecule has 0 aliphatic rings. The standard InChI is InChI=1S/C20H21FN2O/c1-15(2)23(14-18-5-3-17(13-22)4-6-18)20(24)12-9-16-7-10-19(21)11-8-16/h3-8,10-11,15H,9,12,14H2,1-2H3. The van der Waals surface area contributed by atoms with Crippen molar-refractivity contribution in [2.75, 3.05) is 0 Å². The second-order valence-corrected chi connectivity index (χ2v) is 6.05. The summed E-state index contributed by atoms with van der Waals surface area (Å²) in [5, 5.41) is 8.84. The van der Waals surface area contributed by atoms with Gasteiger partial charge in [-0.2, -0.15) is 5.26 Å². The number of benzene rings is 2. The van der Waals surface area contributed by atoms with Crippen LogP contribution in [0.15, 0.2) is 48.5 Å². The molecule has 2 aromatic carbocycles. The Morgan fingerprint density at radius 2 is 1.67 bits per heavy atom. The van der Waals surface area contributed by atoms with Crippen LogP contribution in [0.4, 0.5) is 4.39 Å². The van der Waals surface area contributed by atoms with Crippen molar-refractivity contribution in [1.82, 2.24) is 4.90 Å². The molecule has 0 unspecified atom stereocenters. The normalized spacial score (nSPS) is 10.5. The Balaban J connectivity index is 1.99. The van der Waals surface area contributed by atoms with Crippen molar-refractivity contribution in [1.29, 1.82) is 5.26 Å². The summed E-state index contributed by atoms with van der Waals surface area (Å²) in [6.45, 7) is 4.49. The van der Waals surface area contributed by atoms with Crippen molar-refractivity contribution < 1.29 is 9.18 Å². The lowest BCUT2D eigenvalue weighted by molar-refractivity contribution is -0.133. The molecule has 24 heavy (non-hydrogen) atoms. The van der Waals surface area contributed by atoms with Crippen molar-refractivity contribution in [3.63, 3.8) is 0 Å². The molecule has 0 spiro atoms. The van der Waals surface area contributed by atoms with Gasteiger partial charge in [-0.05, 0) is 55.7 Å². The third-order valence-electron chi connectivity index (χ3n) is 3.92. The van der Waals surface area contributed by atoms with E-state index in [2.05, 4.69) is 6.07 Å². The summed E-state index contributed by atoms with van der Waals surface area (Å²) in [5.41, 5.74) is 2.56. The van der Waals surface area contributed by atoms with Crippen molar-refractivity contribution in [3.05, 3.63) is 71.0 Å². The number of aryl methyl sites for hydroxylation is 1. The molecule has 1 amide bonds. The average Bonchev–Trinajstić information content (AvgIpc) is 2.59. The third-order valence-corrected chi connectivity index (χ3v) is 3.92. The molecule has 0 aromatic heterocycles. The molecule has 0 N–H and O–H groups in total. The van der Waals surface area contributed by atoms with E-state index in [0.717, 1.165) is 11.1 Å². The second-order valence-electron chi connectivity index (χ2n) is 6.05. The first-order chi connectivity index (χ1) is 11.5. The molecule has 0 saturated heterocycles. The molecule has 0 fully saturated rings. The number of hydrogen-bond donors (Lipinski definition) is 0. The fraction of sp³-hybridized carbons (Fsp3) is 0.300.